The van der Waals surface area contributed by atoms with E-state index in [0.717, 1.165) is 11.3 Å². The first-order chi connectivity index (χ1) is 9.90. The fourth-order valence-electron chi connectivity index (χ4n) is 1.13. The van der Waals surface area contributed by atoms with Crippen LogP contribution in [0, 0.1) is 0 Å². The molecule has 0 saturated carbocycles. The lowest BCUT2D eigenvalue weighted by Crippen LogP contribution is -2.18. The second-order valence-electron chi connectivity index (χ2n) is 3.83. The predicted octanol–water partition coefficient (Wildman–Crippen LogP) is 1.82. The minimum Gasteiger partial charge on any atom is -0.497 e. The number of ether oxygens (including phenoxy) is 3. The molecule has 0 aromatic heterocycles. The van der Waals surface area contributed by atoms with Gasteiger partial charge in [0.1, 0.15) is 18.5 Å². The molecule has 0 aliphatic carbocycles. The SMILES string of the molecule is CCOC(=O)C(C)O.COc1ccc(COC(=O)O)cc1. The molecule has 0 saturated heterocycles. The molecule has 7 nitrogen and oxygen atoms in total. The predicted molar refractivity (Wildman–Crippen MR) is 74.1 cm³/mol. The van der Waals surface area contributed by atoms with Gasteiger partial charge in [0.05, 0.1) is 13.7 Å². The third-order valence-corrected chi connectivity index (χ3v) is 2.15. The van der Waals surface area contributed by atoms with Gasteiger partial charge in [-0.25, -0.2) is 9.59 Å². The van der Waals surface area contributed by atoms with E-state index in [4.69, 9.17) is 14.9 Å². The lowest BCUT2D eigenvalue weighted by Gasteiger charge is -2.02. The van der Waals surface area contributed by atoms with Crippen molar-refractivity contribution in [3.8, 4) is 5.75 Å². The van der Waals surface area contributed by atoms with Crippen molar-refractivity contribution >= 4 is 12.1 Å². The van der Waals surface area contributed by atoms with Crippen molar-refractivity contribution in [2.75, 3.05) is 13.7 Å². The second-order valence-corrected chi connectivity index (χ2v) is 3.83. The van der Waals surface area contributed by atoms with Crippen LogP contribution in [0.3, 0.4) is 0 Å². The second kappa shape index (κ2) is 10.5. The molecule has 1 rings (SSSR count). The number of methoxy groups -OCH3 is 1. The average molecular weight is 300 g/mol. The molecule has 1 aromatic rings. The molecule has 1 aromatic carbocycles. The minimum atomic E-state index is -1.27. The average Bonchev–Trinajstić information content (AvgIpc) is 2.46. The molecule has 0 aliphatic rings. The maximum Gasteiger partial charge on any atom is 0.506 e. The molecule has 118 valence electrons. The van der Waals surface area contributed by atoms with Crippen LogP contribution in [0.5, 0.6) is 5.75 Å². The first-order valence-corrected chi connectivity index (χ1v) is 6.24. The smallest absolute Gasteiger partial charge is 0.497 e. The first kappa shape index (κ1) is 18.7. The van der Waals surface area contributed by atoms with E-state index in [9.17, 15) is 9.59 Å². The summed E-state index contributed by atoms with van der Waals surface area (Å²) in [4.78, 5) is 20.3. The standard InChI is InChI=1S/C9H10O4.C5H10O3/c1-12-8-4-2-7(3-5-8)6-13-9(10)11;1-3-8-5(7)4(2)6/h2-5H,6H2,1H3,(H,10,11);4,6H,3H2,1-2H3. The highest BCUT2D eigenvalue weighted by atomic mass is 16.7. The molecule has 0 heterocycles. The molecule has 0 radical (unpaired) electrons. The number of carboxylic acid groups (broad SMARTS) is 1. The van der Waals surface area contributed by atoms with Gasteiger partial charge in [-0.1, -0.05) is 12.1 Å². The van der Waals surface area contributed by atoms with Crippen LogP contribution in [0.4, 0.5) is 4.79 Å². The van der Waals surface area contributed by atoms with Gasteiger partial charge >= 0.3 is 12.1 Å². The van der Waals surface area contributed by atoms with Crippen LogP contribution in [0.2, 0.25) is 0 Å². The zero-order valence-electron chi connectivity index (χ0n) is 12.2. The monoisotopic (exact) mass is 300 g/mol. The Morgan fingerprint density at radius 3 is 2.10 bits per heavy atom. The number of aliphatic hydroxyl groups excluding tert-OH is 1. The molecule has 0 bridgehead atoms. The molecular weight excluding hydrogens is 280 g/mol. The summed E-state index contributed by atoms with van der Waals surface area (Å²) in [7, 11) is 1.57. The molecule has 0 spiro atoms. The quantitative estimate of drug-likeness (QED) is 0.799. The summed E-state index contributed by atoms with van der Waals surface area (Å²) in [6.45, 7) is 3.46. The normalized spacial score (nSPS) is 10.7. The summed E-state index contributed by atoms with van der Waals surface area (Å²) in [6, 6.07) is 7.00. The molecule has 2 N–H and O–H groups in total. The lowest BCUT2D eigenvalue weighted by atomic mass is 10.2. The van der Waals surface area contributed by atoms with Crippen molar-refractivity contribution in [3.05, 3.63) is 29.8 Å². The van der Waals surface area contributed by atoms with Crippen molar-refractivity contribution in [1.29, 1.82) is 0 Å². The van der Waals surface area contributed by atoms with E-state index in [-0.39, 0.29) is 6.61 Å². The molecule has 0 amide bonds. The van der Waals surface area contributed by atoms with Gasteiger partial charge in [-0.3, -0.25) is 0 Å². The number of esters is 1. The summed E-state index contributed by atoms with van der Waals surface area (Å²) < 4.78 is 13.7. The van der Waals surface area contributed by atoms with Gasteiger partial charge in [0.15, 0.2) is 0 Å². The topological polar surface area (TPSA) is 102 Å². The largest absolute Gasteiger partial charge is 0.506 e. The van der Waals surface area contributed by atoms with Crippen LogP contribution in [0.1, 0.15) is 19.4 Å². The Kier molecular flexibility index (Phi) is 9.36. The van der Waals surface area contributed by atoms with Gasteiger partial charge in [-0.15, -0.1) is 0 Å². The van der Waals surface area contributed by atoms with Gasteiger partial charge in [0, 0.05) is 0 Å². The fourth-order valence-corrected chi connectivity index (χ4v) is 1.13. The van der Waals surface area contributed by atoms with Gasteiger partial charge in [-0.2, -0.15) is 0 Å². The zero-order valence-corrected chi connectivity index (χ0v) is 12.2. The Balaban J connectivity index is 0.000000433. The van der Waals surface area contributed by atoms with E-state index in [1.165, 1.54) is 6.92 Å². The molecule has 1 atom stereocenters. The third-order valence-electron chi connectivity index (χ3n) is 2.15. The lowest BCUT2D eigenvalue weighted by molar-refractivity contribution is -0.151. The molecular formula is C14H20O7. The number of hydrogen-bond acceptors (Lipinski definition) is 6. The van der Waals surface area contributed by atoms with Crippen molar-refractivity contribution in [2.45, 2.75) is 26.6 Å². The highest BCUT2D eigenvalue weighted by Gasteiger charge is 2.07. The van der Waals surface area contributed by atoms with Crippen molar-refractivity contribution < 1.29 is 34.0 Å². The van der Waals surface area contributed by atoms with E-state index in [0.29, 0.717) is 6.61 Å². The van der Waals surface area contributed by atoms with E-state index in [1.807, 2.05) is 0 Å². The Morgan fingerprint density at radius 1 is 1.19 bits per heavy atom. The Labute approximate surface area is 123 Å². The summed E-state index contributed by atoms with van der Waals surface area (Å²) in [6.07, 6.45) is -2.26. The van der Waals surface area contributed by atoms with E-state index in [2.05, 4.69) is 9.47 Å². The van der Waals surface area contributed by atoms with Crippen molar-refractivity contribution in [3.63, 3.8) is 0 Å². The van der Waals surface area contributed by atoms with Crippen LogP contribution >= 0.6 is 0 Å². The van der Waals surface area contributed by atoms with E-state index >= 15 is 0 Å². The van der Waals surface area contributed by atoms with Gasteiger partial charge in [0.25, 0.3) is 0 Å². The highest BCUT2D eigenvalue weighted by Crippen LogP contribution is 2.11. The summed E-state index contributed by atoms with van der Waals surface area (Å²) in [5.74, 6) is 0.173. The molecule has 7 heteroatoms. The molecule has 0 aliphatic heterocycles. The molecule has 0 fully saturated rings. The fraction of sp³-hybridized carbons (Fsp3) is 0.429. The van der Waals surface area contributed by atoms with Crippen LogP contribution in [-0.4, -0.2) is 42.2 Å². The van der Waals surface area contributed by atoms with Crippen molar-refractivity contribution in [2.24, 2.45) is 0 Å². The number of hydrogen-bond donors (Lipinski definition) is 2. The number of rotatable bonds is 5. The minimum absolute atomic E-state index is 0.0688. The summed E-state index contributed by atoms with van der Waals surface area (Å²) in [5.41, 5.74) is 0.795. The Morgan fingerprint density at radius 2 is 1.76 bits per heavy atom. The highest BCUT2D eigenvalue weighted by molar-refractivity contribution is 5.73. The summed E-state index contributed by atoms with van der Waals surface area (Å²) >= 11 is 0. The number of carbonyl (C=O) groups excluding carboxylic acids is 1. The Hall–Kier alpha value is -2.28. The molecule has 21 heavy (non-hydrogen) atoms. The Bertz CT molecular complexity index is 425. The third kappa shape index (κ3) is 9.28. The van der Waals surface area contributed by atoms with Crippen LogP contribution in [0.15, 0.2) is 24.3 Å². The number of carbonyl (C=O) groups is 2. The zero-order chi connectivity index (χ0) is 16.3. The van der Waals surface area contributed by atoms with Gasteiger partial charge in [-0.05, 0) is 31.5 Å². The van der Waals surface area contributed by atoms with Crippen LogP contribution < -0.4 is 4.74 Å². The van der Waals surface area contributed by atoms with Crippen molar-refractivity contribution in [1.82, 2.24) is 0 Å². The van der Waals surface area contributed by atoms with Crippen LogP contribution in [0.25, 0.3) is 0 Å². The van der Waals surface area contributed by atoms with Crippen LogP contribution in [-0.2, 0) is 20.9 Å². The van der Waals surface area contributed by atoms with Gasteiger partial charge in [0.2, 0.25) is 0 Å². The van der Waals surface area contributed by atoms with Gasteiger partial charge < -0.3 is 24.4 Å². The number of aliphatic hydroxyl groups is 1. The van der Waals surface area contributed by atoms with E-state index in [1.54, 1.807) is 38.3 Å². The van der Waals surface area contributed by atoms with E-state index < -0.39 is 18.2 Å². The first-order valence-electron chi connectivity index (χ1n) is 6.24. The number of benzene rings is 1. The maximum atomic E-state index is 10.3. The molecule has 1 unspecified atom stereocenters. The maximum absolute atomic E-state index is 10.3. The summed E-state index contributed by atoms with van der Waals surface area (Å²) in [5, 5.41) is 16.7.